The van der Waals surface area contributed by atoms with Crippen LogP contribution in [-0.2, 0) is 0 Å². The fourth-order valence-electron chi connectivity index (χ4n) is 0.655. The molecule has 0 atom stereocenters. The zero-order chi connectivity index (χ0) is 6.85. The van der Waals surface area contributed by atoms with Crippen molar-refractivity contribution in [3.63, 3.8) is 0 Å². The average molecular weight is 211 g/mol. The second-order valence-corrected chi connectivity index (χ2v) is 3.06. The van der Waals surface area contributed by atoms with E-state index >= 15 is 0 Å². The van der Waals surface area contributed by atoms with E-state index in [1.54, 1.807) is 0 Å². The van der Waals surface area contributed by atoms with Gasteiger partial charge in [0.2, 0.25) is 0 Å². The minimum Gasteiger partial charge on any atom is -0.206 e. The molecule has 0 heterocycles. The maximum absolute atomic E-state index is 12.5. The summed E-state index contributed by atoms with van der Waals surface area (Å²) in [7, 11) is 0. The van der Waals surface area contributed by atoms with Gasteiger partial charge in [-0.15, -0.1) is 0 Å². The van der Waals surface area contributed by atoms with Crippen LogP contribution in [0.5, 0.6) is 0 Å². The minimum absolute atomic E-state index is 0.244. The summed E-state index contributed by atoms with van der Waals surface area (Å²) in [5, 5.41) is 0.579. The van der Waals surface area contributed by atoms with Crippen molar-refractivity contribution in [3.8, 4) is 0 Å². The normalized spacial score (nSPS) is 20.1. The summed E-state index contributed by atoms with van der Waals surface area (Å²) >= 11 is 8.64. The zero-order valence-corrected chi connectivity index (χ0v) is 6.97. The van der Waals surface area contributed by atoms with Gasteiger partial charge in [0.25, 0.3) is 0 Å². The second kappa shape index (κ2) is 2.84. The average Bonchev–Trinajstić information content (AvgIpc) is 1.83. The number of allylic oxidation sites excluding steroid dienone is 4. The zero-order valence-electron chi connectivity index (χ0n) is 4.63. The summed E-state index contributed by atoms with van der Waals surface area (Å²) in [5.41, 5.74) is 0. The molecule has 0 saturated heterocycles. The Morgan fingerprint density at radius 3 is 2.78 bits per heavy atom. The molecule has 50 valence electrons. The van der Waals surface area contributed by atoms with Gasteiger partial charge in [-0.05, 0) is 34.8 Å². The largest absolute Gasteiger partial charge is 0.206 e. The molecule has 0 N–H and O–H groups in total. The van der Waals surface area contributed by atoms with Gasteiger partial charge in [0.1, 0.15) is 5.83 Å². The molecular weight excluding hydrogens is 206 g/mol. The Labute approximate surface area is 66.5 Å². The first-order valence-corrected chi connectivity index (χ1v) is 3.79. The van der Waals surface area contributed by atoms with Crippen LogP contribution >= 0.6 is 27.5 Å². The molecule has 9 heavy (non-hydrogen) atoms. The third-order valence-corrected chi connectivity index (χ3v) is 2.60. The molecule has 0 amide bonds. The molecule has 0 unspecified atom stereocenters. The molecule has 1 aliphatic carbocycles. The quantitative estimate of drug-likeness (QED) is 0.575. The Morgan fingerprint density at radius 2 is 2.33 bits per heavy atom. The van der Waals surface area contributed by atoms with Crippen molar-refractivity contribution in [1.29, 1.82) is 0 Å². The molecule has 0 aromatic carbocycles. The number of hydrogen-bond acceptors (Lipinski definition) is 0. The van der Waals surface area contributed by atoms with Gasteiger partial charge in [0, 0.05) is 5.03 Å². The first-order valence-electron chi connectivity index (χ1n) is 2.62. The van der Waals surface area contributed by atoms with Crippen LogP contribution in [0.3, 0.4) is 0 Å². The van der Waals surface area contributed by atoms with Crippen molar-refractivity contribution >= 4 is 27.5 Å². The molecule has 0 fully saturated rings. The van der Waals surface area contributed by atoms with Crippen LogP contribution in [0.15, 0.2) is 21.4 Å². The monoisotopic (exact) mass is 210 g/mol. The molecule has 1 rings (SSSR count). The fourth-order valence-corrected chi connectivity index (χ4v) is 1.21. The predicted molar refractivity (Wildman–Crippen MR) is 40.2 cm³/mol. The number of hydrogen-bond donors (Lipinski definition) is 0. The highest BCUT2D eigenvalue weighted by Gasteiger charge is 2.10. The van der Waals surface area contributed by atoms with E-state index in [4.69, 9.17) is 11.6 Å². The highest BCUT2D eigenvalue weighted by atomic mass is 79.9. The summed E-state index contributed by atoms with van der Waals surface area (Å²) in [6.45, 7) is 0. The van der Waals surface area contributed by atoms with Crippen LogP contribution in [0.1, 0.15) is 12.8 Å². The van der Waals surface area contributed by atoms with E-state index in [9.17, 15) is 4.39 Å². The van der Waals surface area contributed by atoms with Crippen LogP contribution in [0.2, 0.25) is 0 Å². The maximum Gasteiger partial charge on any atom is 0.134 e. The summed E-state index contributed by atoms with van der Waals surface area (Å²) in [6, 6.07) is 0. The van der Waals surface area contributed by atoms with E-state index < -0.39 is 0 Å². The van der Waals surface area contributed by atoms with Crippen LogP contribution < -0.4 is 0 Å². The van der Waals surface area contributed by atoms with Crippen molar-refractivity contribution < 1.29 is 4.39 Å². The maximum atomic E-state index is 12.5. The molecule has 0 bridgehead atoms. The van der Waals surface area contributed by atoms with Crippen molar-refractivity contribution in [1.82, 2.24) is 0 Å². The molecule has 3 heteroatoms. The lowest BCUT2D eigenvalue weighted by Gasteiger charge is -2.05. The van der Waals surface area contributed by atoms with Gasteiger partial charge in [0.05, 0.1) is 4.48 Å². The van der Waals surface area contributed by atoms with Crippen molar-refractivity contribution in [3.05, 3.63) is 21.4 Å². The van der Waals surface area contributed by atoms with Gasteiger partial charge in [-0.1, -0.05) is 11.6 Å². The topological polar surface area (TPSA) is 0 Å². The van der Waals surface area contributed by atoms with E-state index in [0.29, 0.717) is 15.9 Å². The molecule has 0 spiro atoms. The van der Waals surface area contributed by atoms with Gasteiger partial charge >= 0.3 is 0 Å². The molecule has 1 aliphatic rings. The minimum atomic E-state index is -0.244. The lowest BCUT2D eigenvalue weighted by molar-refractivity contribution is 0.648. The van der Waals surface area contributed by atoms with Crippen molar-refractivity contribution in [2.75, 3.05) is 0 Å². The van der Waals surface area contributed by atoms with Gasteiger partial charge in [-0.25, -0.2) is 4.39 Å². The van der Waals surface area contributed by atoms with Crippen LogP contribution in [0.25, 0.3) is 0 Å². The first kappa shape index (κ1) is 7.29. The Morgan fingerprint density at radius 1 is 1.67 bits per heavy atom. The molecule has 0 nitrogen and oxygen atoms in total. The Bertz CT molecular complexity index is 183. The molecule has 0 aromatic rings. The summed E-state index contributed by atoms with van der Waals surface area (Å²) in [5.74, 6) is -0.244. The lowest BCUT2D eigenvalue weighted by atomic mass is 10.2. The van der Waals surface area contributed by atoms with Gasteiger partial charge in [-0.3, -0.25) is 0 Å². The first-order chi connectivity index (χ1) is 4.22. The molecule has 0 radical (unpaired) electrons. The van der Waals surface area contributed by atoms with E-state index in [1.165, 1.54) is 6.08 Å². The Kier molecular flexibility index (Phi) is 2.30. The number of halogens is 3. The Hall–Kier alpha value is 0.180. The Balaban J connectivity index is 2.88. The van der Waals surface area contributed by atoms with Gasteiger partial charge in [-0.2, -0.15) is 0 Å². The third-order valence-electron chi connectivity index (χ3n) is 1.14. The molecule has 0 aromatic heterocycles. The van der Waals surface area contributed by atoms with Gasteiger partial charge < -0.3 is 0 Å². The summed E-state index contributed by atoms with van der Waals surface area (Å²) in [6.07, 6.45) is 2.98. The van der Waals surface area contributed by atoms with Crippen molar-refractivity contribution in [2.24, 2.45) is 0 Å². The summed E-state index contributed by atoms with van der Waals surface area (Å²) in [4.78, 5) is 0. The standard InChI is InChI=1S/C6H5BrClF/c7-6-4(8)2-1-3-5(6)9/h3H,1-2H2. The molecule has 0 aliphatic heterocycles. The third kappa shape index (κ3) is 1.55. The van der Waals surface area contributed by atoms with E-state index in [0.717, 1.165) is 6.42 Å². The SMILES string of the molecule is FC1=CCCC(Cl)=C1Br. The molecular formula is C6H5BrClF. The summed E-state index contributed by atoms with van der Waals surface area (Å²) < 4.78 is 12.9. The van der Waals surface area contributed by atoms with Gasteiger partial charge in [0.15, 0.2) is 0 Å². The predicted octanol–water partition coefficient (Wildman–Crippen LogP) is 3.48. The van der Waals surface area contributed by atoms with E-state index in [1.807, 2.05) is 0 Å². The highest BCUT2D eigenvalue weighted by Crippen LogP contribution is 2.32. The van der Waals surface area contributed by atoms with Crippen LogP contribution in [-0.4, -0.2) is 0 Å². The van der Waals surface area contributed by atoms with E-state index in [-0.39, 0.29) is 5.83 Å². The van der Waals surface area contributed by atoms with E-state index in [2.05, 4.69) is 15.9 Å². The number of rotatable bonds is 0. The van der Waals surface area contributed by atoms with Crippen LogP contribution in [0, 0.1) is 0 Å². The molecule has 0 saturated carbocycles. The highest BCUT2D eigenvalue weighted by molar-refractivity contribution is 9.12. The lowest BCUT2D eigenvalue weighted by Crippen LogP contribution is -1.86. The van der Waals surface area contributed by atoms with Crippen molar-refractivity contribution in [2.45, 2.75) is 12.8 Å². The second-order valence-electron chi connectivity index (χ2n) is 1.81. The smallest absolute Gasteiger partial charge is 0.134 e. The fraction of sp³-hybridized carbons (Fsp3) is 0.333. The van der Waals surface area contributed by atoms with Crippen LogP contribution in [0.4, 0.5) is 4.39 Å².